The number of nitrogens with zero attached hydrogens (tertiary/aromatic N) is 2. The number of para-hydroxylation sites is 1. The van der Waals surface area contributed by atoms with Crippen LogP contribution in [-0.2, 0) is 0 Å². The molecule has 0 saturated heterocycles. The largest absolute Gasteiger partial charge is 0.471 e. The molecule has 3 rings (SSSR count). The van der Waals surface area contributed by atoms with Crippen molar-refractivity contribution >= 4 is 40.3 Å². The van der Waals surface area contributed by atoms with Crippen LogP contribution in [0, 0.1) is 0 Å². The third-order valence-corrected chi connectivity index (χ3v) is 3.60. The first-order valence-corrected chi connectivity index (χ1v) is 6.41. The lowest BCUT2D eigenvalue weighted by Crippen LogP contribution is -2.50. The Bertz CT molecular complexity index is 617. The Balaban J connectivity index is 2.06. The quantitative estimate of drug-likeness (QED) is 0.818. The molecule has 0 atom stereocenters. The van der Waals surface area contributed by atoms with Crippen molar-refractivity contribution in [3.05, 3.63) is 58.6 Å². The van der Waals surface area contributed by atoms with Crippen molar-refractivity contribution in [2.24, 2.45) is 5.10 Å². The molecule has 2 aromatic rings. The molecule has 0 aliphatic carbocycles. The molecule has 0 saturated carbocycles. The van der Waals surface area contributed by atoms with Gasteiger partial charge in [0.2, 0.25) is 0 Å². The first kappa shape index (κ1) is 11.5. The van der Waals surface area contributed by atoms with Crippen molar-refractivity contribution in [3.8, 4) is 0 Å². The first-order chi connectivity index (χ1) is 8.77. The number of hydrazone groups is 1. The summed E-state index contributed by atoms with van der Waals surface area (Å²) in [6.07, 6.45) is 1.77. The molecule has 88 valence electrons. The van der Waals surface area contributed by atoms with Gasteiger partial charge < -0.3 is 5.02 Å². The zero-order valence-corrected chi connectivity index (χ0v) is 11.1. The molecule has 0 bridgehead atoms. The Morgan fingerprint density at radius 3 is 2.61 bits per heavy atom. The molecule has 5 heteroatoms. The van der Waals surface area contributed by atoms with Crippen molar-refractivity contribution in [2.45, 2.75) is 0 Å². The summed E-state index contributed by atoms with van der Waals surface area (Å²) < 4.78 is 0.903. The number of rotatable bonds is 1. The number of halogens is 1. The fourth-order valence-corrected chi connectivity index (χ4v) is 2.48. The molecule has 18 heavy (non-hydrogen) atoms. The summed E-state index contributed by atoms with van der Waals surface area (Å²) in [6, 6.07) is 15.4. The summed E-state index contributed by atoms with van der Waals surface area (Å²) in [5.74, 6) is 0. The summed E-state index contributed by atoms with van der Waals surface area (Å²) in [7, 11) is -0.759. The fourth-order valence-electron chi connectivity index (χ4n) is 2.01. The highest BCUT2D eigenvalue weighted by molar-refractivity contribution is 9.10. The van der Waals surface area contributed by atoms with Gasteiger partial charge in [0, 0.05) is 4.47 Å². The predicted octanol–water partition coefficient (Wildman–Crippen LogP) is 1.99. The minimum Gasteiger partial charge on any atom is -0.427 e. The first-order valence-electron chi connectivity index (χ1n) is 5.62. The van der Waals surface area contributed by atoms with Gasteiger partial charge in [-0.05, 0) is 39.1 Å². The molecule has 0 aromatic heterocycles. The number of hydrogen-bond acceptors (Lipinski definition) is 3. The molecule has 0 spiro atoms. The maximum atomic E-state index is 10.4. The van der Waals surface area contributed by atoms with Crippen molar-refractivity contribution in [2.75, 3.05) is 4.92 Å². The van der Waals surface area contributed by atoms with Crippen LogP contribution in [0.3, 0.4) is 0 Å². The number of anilines is 1. The van der Waals surface area contributed by atoms with Crippen LogP contribution in [0.2, 0.25) is 0 Å². The second kappa shape index (κ2) is 4.59. The fraction of sp³-hybridized carbons (Fsp3) is 0. The van der Waals surface area contributed by atoms with Gasteiger partial charge in [-0.3, -0.25) is 4.92 Å². The van der Waals surface area contributed by atoms with Crippen LogP contribution in [-0.4, -0.2) is 18.3 Å². The molecule has 1 aliphatic heterocycles. The molecular weight excluding hydrogens is 291 g/mol. The smallest absolute Gasteiger partial charge is 0.427 e. The molecular formula is C13H10BBrN2O. The predicted molar refractivity (Wildman–Crippen MR) is 78.3 cm³/mol. The van der Waals surface area contributed by atoms with Crippen molar-refractivity contribution in [1.82, 2.24) is 0 Å². The highest BCUT2D eigenvalue weighted by Crippen LogP contribution is 2.27. The molecule has 0 fully saturated rings. The molecule has 1 heterocycles. The third-order valence-electron chi connectivity index (χ3n) is 2.93. The van der Waals surface area contributed by atoms with Crippen LogP contribution < -0.4 is 10.4 Å². The minimum absolute atomic E-state index is 0.759. The average Bonchev–Trinajstić information content (AvgIpc) is 2.41. The van der Waals surface area contributed by atoms with Gasteiger partial charge in [0.15, 0.2) is 0 Å². The van der Waals surface area contributed by atoms with Crippen LogP contribution in [0.5, 0.6) is 0 Å². The lowest BCUT2D eigenvalue weighted by molar-refractivity contribution is 0.578. The van der Waals surface area contributed by atoms with Gasteiger partial charge >= 0.3 is 7.05 Å². The Morgan fingerprint density at radius 1 is 1.06 bits per heavy atom. The van der Waals surface area contributed by atoms with E-state index in [1.165, 1.54) is 0 Å². The van der Waals surface area contributed by atoms with Crippen LogP contribution in [0.1, 0.15) is 5.56 Å². The Kier molecular flexibility index (Phi) is 2.93. The summed E-state index contributed by atoms with van der Waals surface area (Å²) in [5.41, 5.74) is 2.66. The summed E-state index contributed by atoms with van der Waals surface area (Å²) in [6.45, 7) is 0. The van der Waals surface area contributed by atoms with Gasteiger partial charge in [-0.25, -0.2) is 0 Å². The molecule has 1 aliphatic rings. The van der Waals surface area contributed by atoms with E-state index in [0.717, 1.165) is 21.2 Å². The number of benzene rings is 2. The van der Waals surface area contributed by atoms with Gasteiger partial charge in [0.05, 0.1) is 11.9 Å². The third kappa shape index (κ3) is 1.85. The second-order valence-electron chi connectivity index (χ2n) is 4.04. The normalized spacial score (nSPS) is 13.7. The van der Waals surface area contributed by atoms with E-state index in [2.05, 4.69) is 21.0 Å². The molecule has 0 unspecified atom stereocenters. The highest BCUT2D eigenvalue weighted by atomic mass is 79.9. The van der Waals surface area contributed by atoms with Crippen LogP contribution in [0.4, 0.5) is 5.69 Å². The van der Waals surface area contributed by atoms with E-state index in [1.54, 1.807) is 11.1 Å². The monoisotopic (exact) mass is 300 g/mol. The standard InChI is InChI=1S/C13H10BBrN2O/c15-12-7-3-4-8-13(12)17-14(18)11-6-2-1-5-10(11)9-16-17/h1-9,18H. The average molecular weight is 301 g/mol. The Hall–Kier alpha value is -1.59. The van der Waals surface area contributed by atoms with Gasteiger partial charge in [0.25, 0.3) is 0 Å². The molecule has 3 nitrogen and oxygen atoms in total. The molecule has 0 amide bonds. The zero-order valence-electron chi connectivity index (χ0n) is 9.49. The van der Waals surface area contributed by atoms with Gasteiger partial charge in [-0.15, -0.1) is 0 Å². The van der Waals surface area contributed by atoms with Crippen molar-refractivity contribution in [1.29, 1.82) is 0 Å². The molecule has 2 aromatic carbocycles. The van der Waals surface area contributed by atoms with E-state index < -0.39 is 7.05 Å². The van der Waals surface area contributed by atoms with Crippen molar-refractivity contribution < 1.29 is 5.02 Å². The summed E-state index contributed by atoms with van der Waals surface area (Å²) in [5, 5.41) is 14.7. The number of hydrogen-bond donors (Lipinski definition) is 1. The number of fused-ring (bicyclic) bond motifs is 1. The maximum Gasteiger partial charge on any atom is 0.471 e. The maximum absolute atomic E-state index is 10.4. The summed E-state index contributed by atoms with van der Waals surface area (Å²) in [4.78, 5) is 1.60. The van der Waals surface area contributed by atoms with E-state index >= 15 is 0 Å². The van der Waals surface area contributed by atoms with E-state index in [1.807, 2.05) is 48.5 Å². The summed E-state index contributed by atoms with van der Waals surface area (Å²) >= 11 is 3.47. The Labute approximate surface area is 114 Å². The van der Waals surface area contributed by atoms with E-state index in [0.29, 0.717) is 0 Å². The van der Waals surface area contributed by atoms with Crippen LogP contribution >= 0.6 is 15.9 Å². The van der Waals surface area contributed by atoms with Crippen molar-refractivity contribution in [3.63, 3.8) is 0 Å². The second-order valence-corrected chi connectivity index (χ2v) is 4.90. The highest BCUT2D eigenvalue weighted by Gasteiger charge is 2.30. The molecule has 0 radical (unpaired) electrons. The van der Waals surface area contributed by atoms with E-state index in [-0.39, 0.29) is 0 Å². The van der Waals surface area contributed by atoms with Gasteiger partial charge in [-0.2, -0.15) is 5.10 Å². The van der Waals surface area contributed by atoms with Crippen LogP contribution in [0.25, 0.3) is 0 Å². The van der Waals surface area contributed by atoms with Crippen LogP contribution in [0.15, 0.2) is 58.1 Å². The van der Waals surface area contributed by atoms with E-state index in [4.69, 9.17) is 0 Å². The van der Waals surface area contributed by atoms with E-state index in [9.17, 15) is 5.02 Å². The minimum atomic E-state index is -0.759. The molecule has 1 N–H and O–H groups in total. The zero-order chi connectivity index (χ0) is 12.5. The van der Waals surface area contributed by atoms with Gasteiger partial charge in [-0.1, -0.05) is 36.4 Å². The lowest BCUT2D eigenvalue weighted by Gasteiger charge is -2.27. The Morgan fingerprint density at radius 2 is 1.78 bits per heavy atom. The SMILES string of the molecule is OB1c2ccccc2C=NN1c1ccccc1Br. The topological polar surface area (TPSA) is 35.8 Å². The van der Waals surface area contributed by atoms with Gasteiger partial charge in [0.1, 0.15) is 0 Å². The lowest BCUT2D eigenvalue weighted by atomic mass is 9.69.